The van der Waals surface area contributed by atoms with Gasteiger partial charge in [0.15, 0.2) is 0 Å². The van der Waals surface area contributed by atoms with Crippen LogP contribution in [0.3, 0.4) is 0 Å². The van der Waals surface area contributed by atoms with Crippen LogP contribution in [0.5, 0.6) is 69.0 Å². The van der Waals surface area contributed by atoms with E-state index in [1.165, 1.54) is 39.8 Å². The average Bonchev–Trinajstić information content (AvgIpc) is 0.645. The van der Waals surface area contributed by atoms with Gasteiger partial charge >= 0.3 is 0 Å². The minimum absolute atomic E-state index is 0.00628. The van der Waals surface area contributed by atoms with Crippen molar-refractivity contribution in [2.45, 2.75) is 465 Å². The molecule has 0 amide bonds. The van der Waals surface area contributed by atoms with Gasteiger partial charge in [0, 0.05) is 176 Å². The van der Waals surface area contributed by atoms with Crippen LogP contribution in [0.2, 0.25) is 0 Å². The van der Waals surface area contributed by atoms with Gasteiger partial charge in [-0.15, -0.1) is 0 Å². The maximum atomic E-state index is 11.1. The third-order valence-electron chi connectivity index (χ3n) is 26.6. The van der Waals surface area contributed by atoms with E-state index >= 15 is 0 Å². The van der Waals surface area contributed by atoms with Crippen molar-refractivity contribution in [3.63, 3.8) is 0 Å². The van der Waals surface area contributed by atoms with Gasteiger partial charge in [-0.1, -0.05) is 188 Å². The van der Waals surface area contributed by atoms with Crippen LogP contribution in [0, 0.1) is 35.4 Å². The predicted molar refractivity (Wildman–Crippen MR) is 572 cm³/mol. The van der Waals surface area contributed by atoms with Gasteiger partial charge in [0.1, 0.15) is 103 Å². The molecule has 6 aromatic rings. The Hall–Kier alpha value is -8.64. The number of benzene rings is 6. The molecular formula is C126H180O12. The number of aromatic hydroxyl groups is 6. The van der Waals surface area contributed by atoms with E-state index in [0.717, 1.165) is 83.1 Å². The number of phenolic OH excluding ortho intramolecular Hbond substituents is 6. The molecule has 12 aliphatic rings. The third kappa shape index (κ3) is 25.0. The van der Waals surface area contributed by atoms with Crippen LogP contribution >= 0.6 is 0 Å². The van der Waals surface area contributed by atoms with E-state index in [4.69, 9.17) is 115 Å². The fourth-order valence-corrected chi connectivity index (χ4v) is 19.3. The number of phenols is 6. The third-order valence-corrected chi connectivity index (χ3v) is 26.6. The number of hydrogen-bond acceptors (Lipinski definition) is 12. The number of ether oxygens (including phenoxy) is 6. The zero-order valence-corrected chi connectivity index (χ0v) is 81.2. The number of fused-ring (bicyclic) bond motifs is 18. The number of unbranched alkanes of at least 4 members (excludes halogenated alkanes) is 12. The maximum Gasteiger partial charge on any atom is 0.127 e. The molecule has 0 unspecified atom stereocenters. The van der Waals surface area contributed by atoms with Crippen molar-refractivity contribution in [3.05, 3.63) is 209 Å². The molecule has 0 saturated carbocycles. The molecule has 18 rings (SSSR count). The van der Waals surface area contributed by atoms with E-state index in [1.54, 1.807) is 6.08 Å². The molecule has 0 spiro atoms. The van der Waals surface area contributed by atoms with Crippen molar-refractivity contribution in [1.29, 1.82) is 0 Å². The second-order valence-electron chi connectivity index (χ2n) is 38.2. The molecule has 138 heavy (non-hydrogen) atoms. The van der Waals surface area contributed by atoms with Crippen LogP contribution in [0.25, 0.3) is 0 Å². The first-order valence-corrected chi connectivity index (χ1v) is 48.7. The molecule has 12 atom stereocenters. The Morgan fingerprint density at radius 1 is 0.297 bits per heavy atom. The minimum Gasteiger partial charge on any atom is -0.507 e. The fourth-order valence-electron chi connectivity index (χ4n) is 19.3. The lowest BCUT2D eigenvalue weighted by atomic mass is 9.68. The topological polar surface area (TPSA) is 177 Å². The van der Waals surface area contributed by atoms with Crippen molar-refractivity contribution in [2.75, 3.05) is 0 Å². The highest BCUT2D eigenvalue weighted by atomic mass is 16.5. The first-order chi connectivity index (χ1) is 92.9. The quantitative estimate of drug-likeness (QED) is 0.0250. The van der Waals surface area contributed by atoms with E-state index in [2.05, 4.69) is 0 Å². The molecule has 0 radical (unpaired) electrons. The summed E-state index contributed by atoms with van der Waals surface area (Å²) in [6.45, 7) is -19.0. The molecule has 756 valence electrons. The van der Waals surface area contributed by atoms with Gasteiger partial charge in [-0.2, -0.15) is 0 Å². The smallest absolute Gasteiger partial charge is 0.127 e. The lowest BCUT2D eigenvalue weighted by Gasteiger charge is -2.46. The molecule has 6 heterocycles. The summed E-state index contributed by atoms with van der Waals surface area (Å²) < 4.78 is 595. The van der Waals surface area contributed by atoms with Crippen LogP contribution in [-0.2, 0) is 38.5 Å². The molecular weight excluding hydrogens is 1710 g/mol. The van der Waals surface area contributed by atoms with Gasteiger partial charge in [-0.25, -0.2) is 0 Å². The summed E-state index contributed by atoms with van der Waals surface area (Å²) in [6.07, 6.45) is 0.704. The van der Waals surface area contributed by atoms with Crippen LogP contribution in [0.15, 0.2) is 142 Å². The Morgan fingerprint density at radius 3 is 0.949 bits per heavy atom. The Bertz CT molecular complexity index is 8550. The Morgan fingerprint density at radius 2 is 0.587 bits per heavy atom. The van der Waals surface area contributed by atoms with Gasteiger partial charge in [0.2, 0.25) is 0 Å². The van der Waals surface area contributed by atoms with Crippen molar-refractivity contribution in [3.8, 4) is 69.0 Å². The summed E-state index contributed by atoms with van der Waals surface area (Å²) in [6, 6.07) is -6.98. The average molecular weight is 1950 g/mol. The van der Waals surface area contributed by atoms with Crippen LogP contribution in [-0.4, -0.2) is 64.2 Å². The maximum absolute atomic E-state index is 11.1. The minimum atomic E-state index is -3.78. The summed E-state index contributed by atoms with van der Waals surface area (Å²) in [5.41, 5.74) is -18.8. The van der Waals surface area contributed by atoms with Gasteiger partial charge in [0.05, 0.1) is 20.6 Å². The van der Waals surface area contributed by atoms with Crippen molar-refractivity contribution >= 4 is 0 Å². The van der Waals surface area contributed by atoms with Crippen LogP contribution < -0.4 is 28.4 Å². The number of rotatable bonds is 24. The second kappa shape index (κ2) is 45.7. The van der Waals surface area contributed by atoms with Crippen LogP contribution in [0.1, 0.15) is 552 Å². The lowest BCUT2D eigenvalue weighted by Crippen LogP contribution is -2.45. The first kappa shape index (κ1) is 49.1. The molecule has 12 heteroatoms. The SMILES string of the molecule is [2H]C1=C(C([2H])([2H])[2H])C([2H])([2H])C([2H])([2H])[C@@]2([2H])C(C)(C)Oc3c([2H])c(CCCCC)c([2H])c(O)c3[C@]12[2H].[2H]C1=C(C)C([2H])([2H])C([2H])([2H])[C@]2([2H])[C@@H]1c1c(O)c([2H])c(CCCCC)c([2H])c1OC2(C([2H])([2H])[2H])C([2H])([2H])[2H].[2H]C1=C(C)CC([2H])([2H])[C@]2([2H])[C@@H]1c1c(O)c([2H])c(CCCCC)c([2H])c1OC2(C([2H])([2H])[2H])C([2H])([2H])[2H].[2H]c1c(O)c2c(c([2H])c1CCCCC)OC(C([2H])([2H])[2H])(C([2H])([2H])[2H])[C@@H]1CC([2H])([2H])C(C)=C[C@@H]21.[2H]c1c(O)c2c(c([2H])c1CCCCC)OC(C([2H])([2H])[2H])(C([2H])([2H])[2H])[C@@H]1CCC(C([2H])([2H])[2H])=C[C@@H]21.[2H]c1c(O)c2c(c([2H])c1CCCCC)OC(C([2H])([2H])[2H])(C([2H])([2H])[2H])[C@@H]1CCC(C)=C[C@@H]21. The van der Waals surface area contributed by atoms with E-state index in [9.17, 15) is 36.1 Å². The lowest BCUT2D eigenvalue weighted by molar-refractivity contribution is 0.0104. The molecule has 6 aliphatic carbocycles. The zero-order valence-electron chi connectivity index (χ0n) is 148. The molecule has 0 saturated heterocycles. The van der Waals surface area contributed by atoms with Crippen LogP contribution in [0.4, 0.5) is 0 Å². The Labute approximate surface area is 928 Å². The van der Waals surface area contributed by atoms with E-state index in [-0.39, 0.29) is 178 Å². The molecule has 0 fully saturated rings. The highest BCUT2D eigenvalue weighted by molar-refractivity contribution is 5.60. The molecule has 6 aromatic carbocycles. The molecule has 6 aliphatic heterocycles. The van der Waals surface area contributed by atoms with Gasteiger partial charge in [-0.3, -0.25) is 0 Å². The largest absolute Gasteiger partial charge is 0.507 e. The monoisotopic (exact) mass is 1950 g/mol. The normalized spacial score (nSPS) is 37.9. The van der Waals surface area contributed by atoms with Crippen molar-refractivity contribution in [2.24, 2.45) is 35.4 Å². The van der Waals surface area contributed by atoms with Gasteiger partial charge in [0.25, 0.3) is 0 Å². The summed E-state index contributed by atoms with van der Waals surface area (Å²) in [4.78, 5) is 0. The molecule has 6 N–H and O–H groups in total. The number of allylic oxidation sites excluding steroid dienone is 12. The standard InChI is InChI=1S/6C21H30O2/c6*1-5-6-7-8-15-12-18(22)20-16-11-14(2)9-10-17(16)21(3,4)23-19(20)13-15/h6*11-13,16-17,22H,5-10H2,1-4H3/t6*16-,17-/m111111/s1/i3D3,4D3,9D2,10D2,11D,12D,13D,17D;2D3,9D2,10D2,11D,12D,13D,16D,17D;3D3,4D3,10D2,11D,12D,13D,17D;3D3,4D3,9D2,12D,13D;2D3,3D3,4D3,12D,13D;3D3,4D3,12D,13D. The number of hydrogen-bond donors (Lipinski definition) is 6. The zero-order chi connectivity index (χ0) is 157. The van der Waals surface area contributed by atoms with E-state index < -0.39 is 366 Å². The van der Waals surface area contributed by atoms with Gasteiger partial charge < -0.3 is 59.1 Å². The fraction of sp³-hybridized carbons (Fsp3) is 0.619. The Kier molecular flexibility index (Phi) is 16.3. The first-order valence-electron chi connectivity index (χ1n) is 82.2. The summed E-state index contributed by atoms with van der Waals surface area (Å²) in [5.74, 6) is -29.9. The molecule has 0 aromatic heterocycles. The van der Waals surface area contributed by atoms with Gasteiger partial charge in [-0.05, 0) is 383 Å². The van der Waals surface area contributed by atoms with E-state index in [1.807, 2.05) is 48.5 Å². The van der Waals surface area contributed by atoms with Crippen molar-refractivity contribution in [1.82, 2.24) is 0 Å². The molecule has 0 bridgehead atoms. The Balaban J connectivity index is 0.000000197. The van der Waals surface area contributed by atoms with Crippen molar-refractivity contribution < 1.29 is 151 Å². The molecule has 12 nitrogen and oxygen atoms in total. The summed E-state index contributed by atoms with van der Waals surface area (Å²) in [7, 11) is 0. The summed E-state index contributed by atoms with van der Waals surface area (Å²) >= 11 is 0. The second-order valence-corrected chi connectivity index (χ2v) is 38.2. The van der Waals surface area contributed by atoms with E-state index in [0.29, 0.717) is 57.8 Å². The predicted octanol–water partition coefficient (Wildman–Crippen LogP) is 34.4. The highest BCUT2D eigenvalue weighted by Crippen LogP contribution is 2.61. The summed E-state index contributed by atoms with van der Waals surface area (Å²) in [5, 5.41) is 66.2. The highest BCUT2D eigenvalue weighted by Gasteiger charge is 2.52.